The summed E-state index contributed by atoms with van der Waals surface area (Å²) >= 11 is 0. The largest absolute Gasteiger partial charge is 0.479 e. The highest BCUT2D eigenvalue weighted by molar-refractivity contribution is 6.09. The number of benzene rings is 2. The molecule has 2 aromatic carbocycles. The number of hydrogen-bond acceptors (Lipinski definition) is 4. The Balaban J connectivity index is 1.62. The number of hydrogen-bond donors (Lipinski definition) is 4. The molecule has 1 heterocycles. The van der Waals surface area contributed by atoms with Crippen LogP contribution in [0.15, 0.2) is 54.6 Å². The van der Waals surface area contributed by atoms with Gasteiger partial charge in [-0.15, -0.1) is 0 Å². The minimum Gasteiger partial charge on any atom is -0.479 e. The van der Waals surface area contributed by atoms with Crippen molar-refractivity contribution in [2.24, 2.45) is 0 Å². The van der Waals surface area contributed by atoms with Crippen molar-refractivity contribution in [2.45, 2.75) is 6.04 Å². The number of anilines is 2. The molecule has 0 bridgehead atoms. The van der Waals surface area contributed by atoms with E-state index < -0.39 is 30.5 Å². The van der Waals surface area contributed by atoms with Crippen LogP contribution in [0.25, 0.3) is 0 Å². The van der Waals surface area contributed by atoms with Crippen molar-refractivity contribution >= 4 is 35.2 Å². The number of fused-ring (bicyclic) bond motifs is 1. The predicted octanol–water partition coefficient (Wildman–Crippen LogP) is 1.10. The predicted molar refractivity (Wildman–Crippen MR) is 101 cm³/mol. The molecule has 0 fully saturated rings. The van der Waals surface area contributed by atoms with E-state index in [0.717, 1.165) is 0 Å². The fourth-order valence-corrected chi connectivity index (χ4v) is 2.81. The van der Waals surface area contributed by atoms with E-state index >= 15 is 0 Å². The first kappa shape index (κ1) is 18.9. The number of carbonyl (C=O) groups excluding carboxylic acids is 3. The van der Waals surface area contributed by atoms with Gasteiger partial charge in [0.15, 0.2) is 6.04 Å². The van der Waals surface area contributed by atoms with Gasteiger partial charge in [0, 0.05) is 0 Å². The molecule has 0 saturated heterocycles. The molecule has 3 rings (SSSR count). The van der Waals surface area contributed by atoms with Crippen molar-refractivity contribution in [2.75, 3.05) is 23.3 Å². The van der Waals surface area contributed by atoms with E-state index in [-0.39, 0.29) is 12.5 Å². The summed E-state index contributed by atoms with van der Waals surface area (Å²) in [4.78, 5) is 49.0. The molecule has 1 aliphatic heterocycles. The van der Waals surface area contributed by atoms with Gasteiger partial charge in [-0.3, -0.25) is 14.5 Å². The molecule has 0 aromatic heterocycles. The van der Waals surface area contributed by atoms with Gasteiger partial charge in [0.25, 0.3) is 0 Å². The molecule has 0 aliphatic carbocycles. The van der Waals surface area contributed by atoms with E-state index in [1.807, 2.05) is 0 Å². The van der Waals surface area contributed by atoms with Crippen molar-refractivity contribution in [3.8, 4) is 0 Å². The van der Waals surface area contributed by atoms with Crippen LogP contribution < -0.4 is 20.9 Å². The fraction of sp³-hybridized carbons (Fsp3) is 0.158. The smallest absolute Gasteiger partial charge is 0.330 e. The Morgan fingerprint density at radius 2 is 1.75 bits per heavy atom. The van der Waals surface area contributed by atoms with E-state index in [2.05, 4.69) is 16.0 Å². The number of amides is 4. The van der Waals surface area contributed by atoms with Gasteiger partial charge >= 0.3 is 12.0 Å². The summed E-state index contributed by atoms with van der Waals surface area (Å²) in [5.74, 6) is -2.24. The number of carboxylic acids is 1. The second-order valence-corrected chi connectivity index (χ2v) is 6.06. The molecule has 144 valence electrons. The highest BCUT2D eigenvalue weighted by Gasteiger charge is 2.27. The van der Waals surface area contributed by atoms with Crippen molar-refractivity contribution in [1.29, 1.82) is 0 Å². The molecule has 0 unspecified atom stereocenters. The van der Waals surface area contributed by atoms with Gasteiger partial charge in [-0.1, -0.05) is 42.5 Å². The number of carboxylic acid groups (broad SMARTS) is 1. The molecule has 0 spiro atoms. The third-order valence-electron chi connectivity index (χ3n) is 4.10. The molecule has 1 aliphatic rings. The second-order valence-electron chi connectivity index (χ2n) is 6.06. The lowest BCUT2D eigenvalue weighted by atomic mass is 10.1. The molecule has 9 heteroatoms. The van der Waals surface area contributed by atoms with Gasteiger partial charge < -0.3 is 21.1 Å². The Bertz CT molecular complexity index is 916. The highest BCUT2D eigenvalue weighted by atomic mass is 16.4. The van der Waals surface area contributed by atoms with Crippen molar-refractivity contribution in [3.63, 3.8) is 0 Å². The maximum Gasteiger partial charge on any atom is 0.330 e. The average molecular weight is 382 g/mol. The summed E-state index contributed by atoms with van der Waals surface area (Å²) in [6.45, 7) is -0.623. The van der Waals surface area contributed by atoms with Gasteiger partial charge in [-0.2, -0.15) is 0 Å². The summed E-state index contributed by atoms with van der Waals surface area (Å²) in [7, 11) is 0. The molecule has 2 aromatic rings. The van der Waals surface area contributed by atoms with E-state index in [4.69, 9.17) is 0 Å². The number of rotatable bonds is 5. The Morgan fingerprint density at radius 1 is 1.07 bits per heavy atom. The Hall–Kier alpha value is -3.88. The lowest BCUT2D eigenvalue weighted by Crippen LogP contribution is -2.49. The van der Waals surface area contributed by atoms with E-state index in [0.29, 0.717) is 16.9 Å². The maximum atomic E-state index is 12.4. The SMILES string of the molecule is O=C1CN(C(=O)NCC(=O)N[C@@H](C(=O)O)c2ccccc2)c2ccccc2N1. The van der Waals surface area contributed by atoms with Crippen LogP contribution in [-0.4, -0.2) is 42.0 Å². The Kier molecular flexibility index (Phi) is 5.54. The first-order chi connectivity index (χ1) is 13.5. The topological polar surface area (TPSA) is 128 Å². The van der Waals surface area contributed by atoms with Crippen LogP contribution in [0.5, 0.6) is 0 Å². The third kappa shape index (κ3) is 4.26. The Morgan fingerprint density at radius 3 is 2.46 bits per heavy atom. The van der Waals surface area contributed by atoms with Crippen LogP contribution in [0.3, 0.4) is 0 Å². The molecule has 0 saturated carbocycles. The van der Waals surface area contributed by atoms with Crippen LogP contribution in [-0.2, 0) is 14.4 Å². The summed E-state index contributed by atoms with van der Waals surface area (Å²) in [6.07, 6.45) is 0. The number of urea groups is 1. The molecule has 28 heavy (non-hydrogen) atoms. The van der Waals surface area contributed by atoms with Crippen molar-refractivity contribution in [3.05, 3.63) is 60.2 Å². The lowest BCUT2D eigenvalue weighted by molar-refractivity contribution is -0.141. The van der Waals surface area contributed by atoms with Crippen LogP contribution in [0.1, 0.15) is 11.6 Å². The van der Waals surface area contributed by atoms with Crippen LogP contribution in [0.2, 0.25) is 0 Å². The summed E-state index contributed by atoms with van der Waals surface area (Å²) < 4.78 is 0. The summed E-state index contributed by atoms with van der Waals surface area (Å²) in [5.41, 5.74) is 1.41. The Labute approximate surface area is 160 Å². The fourth-order valence-electron chi connectivity index (χ4n) is 2.81. The van der Waals surface area contributed by atoms with Crippen LogP contribution in [0, 0.1) is 0 Å². The zero-order valence-corrected chi connectivity index (χ0v) is 14.7. The number of para-hydroxylation sites is 2. The van der Waals surface area contributed by atoms with Crippen molar-refractivity contribution in [1.82, 2.24) is 10.6 Å². The number of nitrogens with zero attached hydrogens (tertiary/aromatic N) is 1. The first-order valence-corrected chi connectivity index (χ1v) is 8.47. The molecule has 1 atom stereocenters. The quantitative estimate of drug-likeness (QED) is 0.616. The third-order valence-corrected chi connectivity index (χ3v) is 4.10. The molecular formula is C19H18N4O5. The molecular weight excluding hydrogens is 364 g/mol. The number of aliphatic carboxylic acids is 1. The van der Waals surface area contributed by atoms with Gasteiger partial charge in [-0.05, 0) is 17.7 Å². The van der Waals surface area contributed by atoms with Crippen LogP contribution >= 0.6 is 0 Å². The zero-order chi connectivity index (χ0) is 20.1. The van der Waals surface area contributed by atoms with E-state index in [9.17, 15) is 24.3 Å². The molecule has 4 N–H and O–H groups in total. The van der Waals surface area contributed by atoms with Gasteiger partial charge in [0.1, 0.15) is 6.54 Å². The molecule has 4 amide bonds. The zero-order valence-electron chi connectivity index (χ0n) is 14.7. The molecule has 9 nitrogen and oxygen atoms in total. The molecule has 0 radical (unpaired) electrons. The minimum atomic E-state index is -1.23. The van der Waals surface area contributed by atoms with Gasteiger partial charge in [0.2, 0.25) is 11.8 Å². The number of nitrogens with one attached hydrogen (secondary N) is 3. The second kappa shape index (κ2) is 8.21. The number of carbonyl (C=O) groups is 4. The highest BCUT2D eigenvalue weighted by Crippen LogP contribution is 2.28. The summed E-state index contributed by atoms with van der Waals surface area (Å²) in [5, 5.41) is 16.8. The van der Waals surface area contributed by atoms with Gasteiger partial charge in [-0.25, -0.2) is 9.59 Å². The first-order valence-electron chi connectivity index (χ1n) is 8.47. The standard InChI is InChI=1S/C19H18N4O5/c24-15(22-17(18(26)27)12-6-2-1-3-7-12)10-20-19(28)23-11-16(25)21-13-8-4-5-9-14(13)23/h1-9,17H,10-11H2,(H,20,28)(H,21,25)(H,22,24)(H,26,27)/t17-/m1/s1. The normalized spacial score (nSPS) is 13.7. The maximum absolute atomic E-state index is 12.4. The monoisotopic (exact) mass is 382 g/mol. The lowest BCUT2D eigenvalue weighted by Gasteiger charge is -2.29. The minimum absolute atomic E-state index is 0.188. The average Bonchev–Trinajstić information content (AvgIpc) is 2.70. The summed E-state index contributed by atoms with van der Waals surface area (Å²) in [6, 6.07) is 13.1. The van der Waals surface area contributed by atoms with E-state index in [1.165, 1.54) is 4.90 Å². The van der Waals surface area contributed by atoms with E-state index in [1.54, 1.807) is 54.6 Å². The van der Waals surface area contributed by atoms with Gasteiger partial charge in [0.05, 0.1) is 17.9 Å². The van der Waals surface area contributed by atoms with Crippen LogP contribution in [0.4, 0.5) is 16.2 Å². The van der Waals surface area contributed by atoms with Crippen molar-refractivity contribution < 1.29 is 24.3 Å².